The quantitative estimate of drug-likeness (QED) is 0.631. The molecule has 1 N–H and O–H groups in total. The molecule has 1 aromatic carbocycles. The summed E-state index contributed by atoms with van der Waals surface area (Å²) in [6.07, 6.45) is -2.65. The fourth-order valence-corrected chi connectivity index (χ4v) is 3.04. The maximum Gasteiger partial charge on any atom is 0.425 e. The second-order valence-electron chi connectivity index (χ2n) is 6.33. The minimum Gasteiger partial charge on any atom is -0.479 e. The SMILES string of the molecule is CCCNC(=O)c1cc(-c2cn(-c3c(C(F)(F)F)c(OC)nn3C)nn2)ccc1Cl. The maximum absolute atomic E-state index is 13.6. The van der Waals surface area contributed by atoms with Gasteiger partial charge in [-0.25, -0.2) is 9.36 Å². The number of aromatic nitrogens is 5. The van der Waals surface area contributed by atoms with Crippen molar-refractivity contribution in [2.24, 2.45) is 7.05 Å². The highest BCUT2D eigenvalue weighted by molar-refractivity contribution is 6.34. The lowest BCUT2D eigenvalue weighted by Crippen LogP contribution is -2.24. The molecule has 2 heterocycles. The summed E-state index contributed by atoms with van der Waals surface area (Å²) in [4.78, 5) is 12.3. The summed E-state index contributed by atoms with van der Waals surface area (Å²) in [6.45, 7) is 2.40. The van der Waals surface area contributed by atoms with Gasteiger partial charge in [0.25, 0.3) is 5.91 Å². The van der Waals surface area contributed by atoms with Crippen LogP contribution in [0, 0.1) is 0 Å². The second-order valence-corrected chi connectivity index (χ2v) is 6.74. The molecule has 0 aliphatic carbocycles. The summed E-state index contributed by atoms with van der Waals surface area (Å²) in [5.74, 6) is -1.28. The average molecular weight is 443 g/mol. The van der Waals surface area contributed by atoms with Crippen LogP contribution in [-0.2, 0) is 13.2 Å². The van der Waals surface area contributed by atoms with Crippen molar-refractivity contribution in [1.82, 2.24) is 30.1 Å². The fourth-order valence-electron chi connectivity index (χ4n) is 2.84. The Balaban J connectivity index is 2.03. The highest BCUT2D eigenvalue weighted by Gasteiger charge is 2.42. The first-order chi connectivity index (χ1) is 14.2. The highest BCUT2D eigenvalue weighted by atomic mass is 35.5. The van der Waals surface area contributed by atoms with E-state index in [-0.39, 0.29) is 28.0 Å². The van der Waals surface area contributed by atoms with E-state index in [1.807, 2.05) is 6.92 Å². The molecule has 30 heavy (non-hydrogen) atoms. The number of amides is 1. The van der Waals surface area contributed by atoms with Gasteiger partial charge in [0.1, 0.15) is 5.69 Å². The van der Waals surface area contributed by atoms with Crippen molar-refractivity contribution in [1.29, 1.82) is 0 Å². The number of ether oxygens (including phenoxy) is 1. The molecule has 0 spiro atoms. The molecule has 8 nitrogen and oxygen atoms in total. The largest absolute Gasteiger partial charge is 0.479 e. The molecule has 3 rings (SSSR count). The summed E-state index contributed by atoms with van der Waals surface area (Å²) < 4.78 is 47.4. The van der Waals surface area contributed by atoms with Gasteiger partial charge in [-0.05, 0) is 18.6 Å². The van der Waals surface area contributed by atoms with E-state index in [1.165, 1.54) is 25.4 Å². The molecular weight excluding hydrogens is 425 g/mol. The Kier molecular flexibility index (Phi) is 6.01. The van der Waals surface area contributed by atoms with E-state index < -0.39 is 17.6 Å². The first-order valence-corrected chi connectivity index (χ1v) is 9.24. The number of aryl methyl sites for hydroxylation is 1. The van der Waals surface area contributed by atoms with Gasteiger partial charge >= 0.3 is 6.18 Å². The molecule has 0 saturated heterocycles. The van der Waals surface area contributed by atoms with Crippen LogP contribution in [0.15, 0.2) is 24.4 Å². The molecule has 3 aromatic rings. The van der Waals surface area contributed by atoms with Crippen LogP contribution in [0.1, 0.15) is 29.3 Å². The third kappa shape index (κ3) is 4.11. The van der Waals surface area contributed by atoms with Crippen LogP contribution in [-0.4, -0.2) is 44.3 Å². The molecule has 0 aliphatic heterocycles. The molecule has 0 radical (unpaired) electrons. The van der Waals surface area contributed by atoms with Crippen LogP contribution in [0.5, 0.6) is 5.88 Å². The van der Waals surface area contributed by atoms with Crippen LogP contribution < -0.4 is 10.1 Å². The Bertz CT molecular complexity index is 1080. The van der Waals surface area contributed by atoms with Crippen molar-refractivity contribution in [3.8, 4) is 23.0 Å². The Morgan fingerprint density at radius 1 is 1.33 bits per heavy atom. The Morgan fingerprint density at radius 2 is 2.07 bits per heavy atom. The summed E-state index contributed by atoms with van der Waals surface area (Å²) in [5.41, 5.74) is -0.116. The molecule has 0 unspecified atom stereocenters. The van der Waals surface area contributed by atoms with Gasteiger partial charge in [0.2, 0.25) is 5.88 Å². The highest BCUT2D eigenvalue weighted by Crippen LogP contribution is 2.39. The van der Waals surface area contributed by atoms with Gasteiger partial charge in [0.15, 0.2) is 11.4 Å². The number of hydrogen-bond acceptors (Lipinski definition) is 5. The van der Waals surface area contributed by atoms with Crippen molar-refractivity contribution in [2.75, 3.05) is 13.7 Å². The van der Waals surface area contributed by atoms with Crippen LogP contribution in [0.2, 0.25) is 5.02 Å². The van der Waals surface area contributed by atoms with Gasteiger partial charge in [-0.15, -0.1) is 10.2 Å². The molecule has 0 aliphatic rings. The molecule has 160 valence electrons. The molecule has 2 aromatic heterocycles. The Morgan fingerprint density at radius 3 is 2.70 bits per heavy atom. The number of hydrogen-bond donors (Lipinski definition) is 1. The third-order valence-corrected chi connectivity index (χ3v) is 4.54. The topological polar surface area (TPSA) is 86.9 Å². The predicted octanol–water partition coefficient (Wildman–Crippen LogP) is 3.49. The predicted molar refractivity (Wildman–Crippen MR) is 103 cm³/mol. The lowest BCUT2D eigenvalue weighted by Gasteiger charge is -2.09. The van der Waals surface area contributed by atoms with Gasteiger partial charge in [-0.2, -0.15) is 13.2 Å². The van der Waals surface area contributed by atoms with Gasteiger partial charge in [-0.3, -0.25) is 4.79 Å². The number of methoxy groups -OCH3 is 1. The molecule has 0 fully saturated rings. The average Bonchev–Trinajstić information content (AvgIpc) is 3.30. The van der Waals surface area contributed by atoms with E-state index in [0.29, 0.717) is 12.1 Å². The molecule has 1 amide bonds. The standard InChI is InChI=1S/C18H18ClF3N6O2/c1-4-7-23-15(29)11-8-10(5-6-12(11)19)13-9-28(26-24-13)17-14(18(20,21)22)16(30-3)25-27(17)2/h5-6,8-9H,4,7H2,1-3H3,(H,23,29). The zero-order chi connectivity index (χ0) is 22.1. The first kappa shape index (κ1) is 21.6. The van der Waals surface area contributed by atoms with E-state index in [4.69, 9.17) is 16.3 Å². The number of carbonyl (C=O) groups excluding carboxylic acids is 1. The van der Waals surface area contributed by atoms with Gasteiger partial charge in [0.05, 0.1) is 23.9 Å². The van der Waals surface area contributed by atoms with Gasteiger partial charge < -0.3 is 10.1 Å². The van der Waals surface area contributed by atoms with E-state index in [0.717, 1.165) is 22.9 Å². The van der Waals surface area contributed by atoms with Crippen molar-refractivity contribution >= 4 is 17.5 Å². The third-order valence-electron chi connectivity index (χ3n) is 4.21. The normalized spacial score (nSPS) is 11.6. The smallest absolute Gasteiger partial charge is 0.425 e. The minimum atomic E-state index is -4.72. The lowest BCUT2D eigenvalue weighted by molar-refractivity contribution is -0.138. The number of rotatable bonds is 6. The number of halogens is 4. The zero-order valence-electron chi connectivity index (χ0n) is 16.3. The first-order valence-electron chi connectivity index (χ1n) is 8.86. The minimum absolute atomic E-state index is 0.232. The Hall–Kier alpha value is -3.08. The van der Waals surface area contributed by atoms with Gasteiger partial charge in [0, 0.05) is 19.2 Å². The van der Waals surface area contributed by atoms with Crippen LogP contribution in [0.4, 0.5) is 13.2 Å². The zero-order valence-corrected chi connectivity index (χ0v) is 17.0. The van der Waals surface area contributed by atoms with Crippen LogP contribution >= 0.6 is 11.6 Å². The van der Waals surface area contributed by atoms with Gasteiger partial charge in [-0.1, -0.05) is 29.8 Å². The summed E-state index contributed by atoms with van der Waals surface area (Å²) in [7, 11) is 2.44. The molecular formula is C18H18ClF3N6O2. The summed E-state index contributed by atoms with van der Waals surface area (Å²) in [6, 6.07) is 4.63. The fraction of sp³-hybridized carbons (Fsp3) is 0.333. The molecule has 0 atom stereocenters. The lowest BCUT2D eigenvalue weighted by atomic mass is 10.1. The van der Waals surface area contributed by atoms with Crippen LogP contribution in [0.25, 0.3) is 17.1 Å². The van der Waals surface area contributed by atoms with E-state index >= 15 is 0 Å². The Labute approximate surface area is 174 Å². The summed E-state index contributed by atoms with van der Waals surface area (Å²) in [5, 5.41) is 14.5. The molecule has 12 heteroatoms. The van der Waals surface area contributed by atoms with Crippen molar-refractivity contribution in [3.63, 3.8) is 0 Å². The maximum atomic E-state index is 13.6. The summed E-state index contributed by atoms with van der Waals surface area (Å²) >= 11 is 6.12. The van der Waals surface area contributed by atoms with E-state index in [1.54, 1.807) is 6.07 Å². The van der Waals surface area contributed by atoms with Crippen molar-refractivity contribution < 1.29 is 22.7 Å². The second kappa shape index (κ2) is 8.34. The van der Waals surface area contributed by atoms with E-state index in [2.05, 4.69) is 20.7 Å². The monoisotopic (exact) mass is 442 g/mol. The van der Waals surface area contributed by atoms with Crippen molar-refractivity contribution in [2.45, 2.75) is 19.5 Å². The number of nitrogens with zero attached hydrogens (tertiary/aromatic N) is 5. The number of benzene rings is 1. The number of alkyl halides is 3. The molecule has 0 bridgehead atoms. The number of nitrogens with one attached hydrogen (secondary N) is 1. The number of carbonyl (C=O) groups is 1. The van der Waals surface area contributed by atoms with Crippen molar-refractivity contribution in [3.05, 3.63) is 40.5 Å². The van der Waals surface area contributed by atoms with Crippen LogP contribution in [0.3, 0.4) is 0 Å². The molecule has 0 saturated carbocycles. The van der Waals surface area contributed by atoms with E-state index in [9.17, 15) is 18.0 Å².